The molecule has 3 aliphatic heterocycles. The van der Waals surface area contributed by atoms with Crippen LogP contribution in [0.15, 0.2) is 18.2 Å². The van der Waals surface area contributed by atoms with Gasteiger partial charge >= 0.3 is 0 Å². The van der Waals surface area contributed by atoms with E-state index in [0.717, 1.165) is 56.2 Å². The number of fused-ring (bicyclic) bond motifs is 1. The number of aliphatic hydroxyl groups excluding tert-OH is 1. The molecule has 5 nitrogen and oxygen atoms in total. The average Bonchev–Trinajstić information content (AvgIpc) is 2.91. The number of rotatable bonds is 3. The maximum Gasteiger partial charge on any atom is 0.231 e. The zero-order valence-electron chi connectivity index (χ0n) is 14.3. The van der Waals surface area contributed by atoms with Crippen LogP contribution in [0, 0.1) is 0 Å². The van der Waals surface area contributed by atoms with E-state index in [1.54, 1.807) is 0 Å². The second-order valence-electron chi connectivity index (χ2n) is 7.26. The van der Waals surface area contributed by atoms with Crippen LogP contribution in [0.1, 0.15) is 37.7 Å². The van der Waals surface area contributed by atoms with Crippen LogP contribution < -0.4 is 9.47 Å². The first-order chi connectivity index (χ1) is 11.8. The molecule has 3 heterocycles. The summed E-state index contributed by atoms with van der Waals surface area (Å²) in [6.45, 7) is 5.20. The number of hydrogen-bond acceptors (Lipinski definition) is 5. The first kappa shape index (κ1) is 16.2. The molecule has 0 saturated carbocycles. The van der Waals surface area contributed by atoms with Crippen molar-refractivity contribution >= 4 is 0 Å². The van der Waals surface area contributed by atoms with Gasteiger partial charge < -0.3 is 14.6 Å². The highest BCUT2D eigenvalue weighted by molar-refractivity contribution is 5.48. The molecule has 0 bridgehead atoms. The molecule has 24 heavy (non-hydrogen) atoms. The van der Waals surface area contributed by atoms with Gasteiger partial charge in [-0.15, -0.1) is 0 Å². The van der Waals surface area contributed by atoms with Crippen LogP contribution in [0.4, 0.5) is 0 Å². The lowest BCUT2D eigenvalue weighted by molar-refractivity contribution is -0.0145. The quantitative estimate of drug-likeness (QED) is 0.920. The van der Waals surface area contributed by atoms with E-state index in [1.165, 1.54) is 25.7 Å². The number of likely N-dealkylation sites (tertiary alicyclic amines) is 2. The van der Waals surface area contributed by atoms with Crippen molar-refractivity contribution in [3.05, 3.63) is 23.8 Å². The molecule has 132 valence electrons. The van der Waals surface area contributed by atoms with Gasteiger partial charge in [0.1, 0.15) is 0 Å². The van der Waals surface area contributed by atoms with Crippen molar-refractivity contribution in [1.82, 2.24) is 9.80 Å². The van der Waals surface area contributed by atoms with Crippen molar-refractivity contribution in [2.75, 3.05) is 33.0 Å². The minimum Gasteiger partial charge on any atom is -0.454 e. The van der Waals surface area contributed by atoms with Crippen LogP contribution in [0.2, 0.25) is 0 Å². The standard InChI is InChI=1S/C19H28N2O3/c22-17-13-20(11-8-16(17)21-9-3-1-2-4-10-21)12-15-6-5-7-18-19(15)24-14-23-18/h5-7,16-17,22H,1-4,8-14H2/t16-,17-/m1/s1. The molecule has 2 fully saturated rings. The van der Waals surface area contributed by atoms with Gasteiger partial charge in [0.25, 0.3) is 0 Å². The minimum atomic E-state index is -0.259. The molecule has 0 unspecified atom stereocenters. The zero-order chi connectivity index (χ0) is 16.4. The Bertz CT molecular complexity index is 558. The number of para-hydroxylation sites is 1. The van der Waals surface area contributed by atoms with Crippen LogP contribution in [0.5, 0.6) is 11.5 Å². The van der Waals surface area contributed by atoms with Gasteiger partial charge in [0.2, 0.25) is 6.79 Å². The van der Waals surface area contributed by atoms with E-state index >= 15 is 0 Å². The Balaban J connectivity index is 1.37. The van der Waals surface area contributed by atoms with Crippen molar-refractivity contribution in [1.29, 1.82) is 0 Å². The van der Waals surface area contributed by atoms with Crippen molar-refractivity contribution in [3.63, 3.8) is 0 Å². The molecule has 5 heteroatoms. The number of ether oxygens (including phenoxy) is 2. The monoisotopic (exact) mass is 332 g/mol. The van der Waals surface area contributed by atoms with Crippen LogP contribution >= 0.6 is 0 Å². The van der Waals surface area contributed by atoms with E-state index in [-0.39, 0.29) is 6.10 Å². The highest BCUT2D eigenvalue weighted by Gasteiger charge is 2.32. The van der Waals surface area contributed by atoms with Gasteiger partial charge in [-0.25, -0.2) is 0 Å². The summed E-state index contributed by atoms with van der Waals surface area (Å²) in [6.07, 6.45) is 6.03. The molecule has 2 atom stereocenters. The van der Waals surface area contributed by atoms with Gasteiger partial charge in [-0.05, 0) is 38.4 Å². The summed E-state index contributed by atoms with van der Waals surface area (Å²) in [7, 11) is 0. The largest absolute Gasteiger partial charge is 0.454 e. The molecule has 0 radical (unpaired) electrons. The topological polar surface area (TPSA) is 45.2 Å². The fourth-order valence-corrected chi connectivity index (χ4v) is 4.34. The Kier molecular flexibility index (Phi) is 4.92. The second-order valence-corrected chi connectivity index (χ2v) is 7.26. The number of aliphatic hydroxyl groups is 1. The first-order valence-corrected chi connectivity index (χ1v) is 9.33. The fraction of sp³-hybridized carbons (Fsp3) is 0.684. The third kappa shape index (κ3) is 3.39. The van der Waals surface area contributed by atoms with E-state index in [1.807, 2.05) is 12.1 Å². The van der Waals surface area contributed by atoms with Gasteiger partial charge in [0.15, 0.2) is 11.5 Å². The van der Waals surface area contributed by atoms with Crippen LogP contribution in [-0.2, 0) is 6.54 Å². The molecule has 0 amide bonds. The fourth-order valence-electron chi connectivity index (χ4n) is 4.34. The van der Waals surface area contributed by atoms with Crippen LogP contribution in [-0.4, -0.2) is 60.0 Å². The van der Waals surface area contributed by atoms with E-state index in [9.17, 15) is 5.11 Å². The molecule has 1 N–H and O–H groups in total. The Morgan fingerprint density at radius 3 is 2.67 bits per heavy atom. The Hall–Kier alpha value is -1.30. The maximum atomic E-state index is 10.7. The molecule has 4 rings (SSSR count). The summed E-state index contributed by atoms with van der Waals surface area (Å²) in [5, 5.41) is 10.7. The summed E-state index contributed by atoms with van der Waals surface area (Å²) in [6, 6.07) is 6.40. The molecular formula is C19H28N2O3. The molecule has 0 aromatic heterocycles. The third-order valence-electron chi connectivity index (χ3n) is 5.61. The molecule has 1 aromatic carbocycles. The summed E-state index contributed by atoms with van der Waals surface area (Å²) in [5.74, 6) is 1.72. The van der Waals surface area contributed by atoms with E-state index in [0.29, 0.717) is 12.8 Å². The van der Waals surface area contributed by atoms with Crippen LogP contribution in [0.3, 0.4) is 0 Å². The Labute approximate surface area is 144 Å². The van der Waals surface area contributed by atoms with Crippen molar-refractivity contribution in [2.24, 2.45) is 0 Å². The Morgan fingerprint density at radius 1 is 1.04 bits per heavy atom. The normalized spacial score (nSPS) is 28.7. The van der Waals surface area contributed by atoms with Crippen molar-refractivity contribution in [3.8, 4) is 11.5 Å². The summed E-state index contributed by atoms with van der Waals surface area (Å²) < 4.78 is 11.1. The minimum absolute atomic E-state index is 0.259. The number of β-amino-alcohol motifs (C(OH)–C–C–N with tert-alkyl or cyclic N) is 1. The zero-order valence-corrected chi connectivity index (χ0v) is 14.3. The lowest BCUT2D eigenvalue weighted by atomic mass is 9.99. The number of benzene rings is 1. The number of piperidine rings is 1. The summed E-state index contributed by atoms with van der Waals surface area (Å²) in [4.78, 5) is 4.88. The molecule has 2 saturated heterocycles. The van der Waals surface area contributed by atoms with Gasteiger partial charge in [0, 0.05) is 31.2 Å². The van der Waals surface area contributed by atoms with Gasteiger partial charge in [-0.3, -0.25) is 9.80 Å². The smallest absolute Gasteiger partial charge is 0.231 e. The third-order valence-corrected chi connectivity index (χ3v) is 5.61. The van der Waals surface area contributed by atoms with Crippen LogP contribution in [0.25, 0.3) is 0 Å². The van der Waals surface area contributed by atoms with Crippen molar-refractivity contribution in [2.45, 2.75) is 50.8 Å². The van der Waals surface area contributed by atoms with Gasteiger partial charge in [-0.1, -0.05) is 25.0 Å². The van der Waals surface area contributed by atoms with E-state index < -0.39 is 0 Å². The first-order valence-electron chi connectivity index (χ1n) is 9.33. The molecule has 3 aliphatic rings. The van der Waals surface area contributed by atoms with Crippen molar-refractivity contribution < 1.29 is 14.6 Å². The second kappa shape index (κ2) is 7.30. The lowest BCUT2D eigenvalue weighted by Gasteiger charge is -2.41. The predicted molar refractivity (Wildman–Crippen MR) is 92.3 cm³/mol. The summed E-state index contributed by atoms with van der Waals surface area (Å²) in [5.41, 5.74) is 1.16. The summed E-state index contributed by atoms with van der Waals surface area (Å²) >= 11 is 0. The highest BCUT2D eigenvalue weighted by atomic mass is 16.7. The predicted octanol–water partition coefficient (Wildman–Crippen LogP) is 2.23. The SMILES string of the molecule is O[C@@H]1CN(Cc2cccc3c2OCO3)CC[C@H]1N1CCCCCC1. The number of nitrogens with zero attached hydrogens (tertiary/aromatic N) is 2. The van der Waals surface area contributed by atoms with E-state index in [2.05, 4.69) is 15.9 Å². The highest BCUT2D eigenvalue weighted by Crippen LogP contribution is 2.36. The maximum absolute atomic E-state index is 10.7. The van der Waals surface area contributed by atoms with Gasteiger partial charge in [-0.2, -0.15) is 0 Å². The lowest BCUT2D eigenvalue weighted by Crippen LogP contribution is -2.54. The molecule has 0 spiro atoms. The number of hydrogen-bond donors (Lipinski definition) is 1. The van der Waals surface area contributed by atoms with E-state index in [4.69, 9.17) is 9.47 Å². The van der Waals surface area contributed by atoms with Gasteiger partial charge in [0.05, 0.1) is 6.10 Å². The molecule has 1 aromatic rings. The average molecular weight is 332 g/mol. The Morgan fingerprint density at radius 2 is 1.88 bits per heavy atom. The molecular weight excluding hydrogens is 304 g/mol. The molecule has 0 aliphatic carbocycles.